The number of nitrogens with one attached hydrogen (secondary N) is 1. The lowest BCUT2D eigenvalue weighted by Gasteiger charge is -2.32. The quantitative estimate of drug-likeness (QED) is 0.837. The van der Waals surface area contributed by atoms with Gasteiger partial charge in [0.2, 0.25) is 0 Å². The van der Waals surface area contributed by atoms with Gasteiger partial charge in [-0.05, 0) is 25.0 Å². The Hall–Kier alpha value is -2.11. The van der Waals surface area contributed by atoms with Crippen LogP contribution >= 0.6 is 0 Å². The largest absolute Gasteiger partial charge is 0.481 e. The van der Waals surface area contributed by atoms with Gasteiger partial charge in [0.25, 0.3) is 5.91 Å². The molecule has 0 aliphatic heterocycles. The standard InChI is InChI=1S/C13H17N3O3/c1-16(2)10-3-4-14-11(7-10)12(17)15-9-5-8(6-9)13(18)19/h3-4,7-9H,5-6H2,1-2H3,(H,15,17)(H,18,19). The third-order valence-electron chi connectivity index (χ3n) is 3.32. The number of carboxylic acid groups (broad SMARTS) is 1. The highest BCUT2D eigenvalue weighted by Gasteiger charge is 2.35. The van der Waals surface area contributed by atoms with Crippen molar-refractivity contribution in [3.8, 4) is 0 Å². The molecule has 1 aliphatic carbocycles. The second-order valence-electron chi connectivity index (χ2n) is 4.97. The Balaban J connectivity index is 1.94. The topological polar surface area (TPSA) is 82.5 Å². The van der Waals surface area contributed by atoms with Gasteiger partial charge in [0, 0.05) is 32.0 Å². The van der Waals surface area contributed by atoms with E-state index in [9.17, 15) is 9.59 Å². The van der Waals surface area contributed by atoms with Crippen LogP contribution in [0.2, 0.25) is 0 Å². The van der Waals surface area contributed by atoms with Crippen LogP contribution in [-0.2, 0) is 4.79 Å². The zero-order valence-corrected chi connectivity index (χ0v) is 11.0. The summed E-state index contributed by atoms with van der Waals surface area (Å²) in [5.41, 5.74) is 1.25. The summed E-state index contributed by atoms with van der Waals surface area (Å²) in [7, 11) is 3.78. The molecule has 6 heteroatoms. The van der Waals surface area contributed by atoms with E-state index in [1.165, 1.54) is 0 Å². The number of hydrogen-bond donors (Lipinski definition) is 2. The lowest BCUT2D eigenvalue weighted by molar-refractivity contribution is -0.145. The molecule has 6 nitrogen and oxygen atoms in total. The number of amides is 1. The van der Waals surface area contributed by atoms with Gasteiger partial charge in [-0.3, -0.25) is 14.6 Å². The molecule has 1 aliphatic rings. The number of rotatable bonds is 4. The minimum absolute atomic E-state index is 0.0570. The highest BCUT2D eigenvalue weighted by molar-refractivity contribution is 5.93. The molecule has 1 heterocycles. The molecular formula is C13H17N3O3. The number of aromatic nitrogens is 1. The van der Waals surface area contributed by atoms with Crippen molar-refractivity contribution >= 4 is 17.6 Å². The van der Waals surface area contributed by atoms with Crippen molar-refractivity contribution in [3.63, 3.8) is 0 Å². The number of carboxylic acids is 1. The molecule has 1 aromatic rings. The highest BCUT2D eigenvalue weighted by Crippen LogP contribution is 2.27. The van der Waals surface area contributed by atoms with Crippen LogP contribution in [0.5, 0.6) is 0 Å². The normalized spacial score (nSPS) is 21.4. The van der Waals surface area contributed by atoms with Crippen LogP contribution < -0.4 is 10.2 Å². The lowest BCUT2D eigenvalue weighted by atomic mass is 9.80. The second-order valence-corrected chi connectivity index (χ2v) is 4.97. The lowest BCUT2D eigenvalue weighted by Crippen LogP contribution is -2.46. The van der Waals surface area contributed by atoms with E-state index in [2.05, 4.69) is 10.3 Å². The van der Waals surface area contributed by atoms with Gasteiger partial charge in [0.1, 0.15) is 5.69 Å². The fourth-order valence-electron chi connectivity index (χ4n) is 2.02. The summed E-state index contributed by atoms with van der Waals surface area (Å²) >= 11 is 0. The molecule has 0 radical (unpaired) electrons. The summed E-state index contributed by atoms with van der Waals surface area (Å²) in [6.07, 6.45) is 2.58. The van der Waals surface area contributed by atoms with Gasteiger partial charge in [-0.2, -0.15) is 0 Å². The first-order valence-corrected chi connectivity index (χ1v) is 6.14. The molecule has 1 fully saturated rings. The molecule has 1 amide bonds. The Morgan fingerprint density at radius 1 is 1.42 bits per heavy atom. The average molecular weight is 263 g/mol. The Bertz CT molecular complexity index is 496. The van der Waals surface area contributed by atoms with Crippen LogP contribution in [0.4, 0.5) is 5.69 Å². The maximum Gasteiger partial charge on any atom is 0.306 e. The van der Waals surface area contributed by atoms with Gasteiger partial charge in [-0.15, -0.1) is 0 Å². The SMILES string of the molecule is CN(C)c1ccnc(C(=O)NC2CC(C(=O)O)C2)c1. The molecule has 0 bridgehead atoms. The number of aliphatic carboxylic acids is 1. The van der Waals surface area contributed by atoms with E-state index in [0.717, 1.165) is 5.69 Å². The molecule has 0 spiro atoms. The molecular weight excluding hydrogens is 246 g/mol. The van der Waals surface area contributed by atoms with E-state index in [1.54, 1.807) is 12.3 Å². The number of hydrogen-bond acceptors (Lipinski definition) is 4. The minimum Gasteiger partial charge on any atom is -0.481 e. The zero-order chi connectivity index (χ0) is 14.0. The van der Waals surface area contributed by atoms with Gasteiger partial charge < -0.3 is 15.3 Å². The Morgan fingerprint density at radius 3 is 2.68 bits per heavy atom. The van der Waals surface area contributed by atoms with Crippen LogP contribution in [0.25, 0.3) is 0 Å². The maximum atomic E-state index is 12.0. The monoisotopic (exact) mass is 263 g/mol. The summed E-state index contributed by atoms with van der Waals surface area (Å²) in [6.45, 7) is 0. The molecule has 1 aromatic heterocycles. The Labute approximate surface area is 111 Å². The first-order chi connectivity index (χ1) is 8.97. The second kappa shape index (κ2) is 5.26. The molecule has 0 unspecified atom stereocenters. The minimum atomic E-state index is -0.793. The molecule has 2 rings (SSSR count). The van der Waals surface area contributed by atoms with Crippen molar-refractivity contribution in [2.24, 2.45) is 5.92 Å². The summed E-state index contributed by atoms with van der Waals surface area (Å²) in [5.74, 6) is -1.37. The number of anilines is 1. The van der Waals surface area contributed by atoms with Gasteiger partial charge in [0.05, 0.1) is 5.92 Å². The smallest absolute Gasteiger partial charge is 0.306 e. The van der Waals surface area contributed by atoms with E-state index in [-0.39, 0.29) is 17.9 Å². The van der Waals surface area contributed by atoms with Gasteiger partial charge >= 0.3 is 5.97 Å². The molecule has 0 saturated heterocycles. The zero-order valence-electron chi connectivity index (χ0n) is 11.0. The number of carbonyl (C=O) groups excluding carboxylic acids is 1. The fourth-order valence-corrected chi connectivity index (χ4v) is 2.02. The van der Waals surface area contributed by atoms with Crippen molar-refractivity contribution < 1.29 is 14.7 Å². The van der Waals surface area contributed by atoms with Gasteiger partial charge in [-0.1, -0.05) is 0 Å². The van der Waals surface area contributed by atoms with Gasteiger partial charge in [0.15, 0.2) is 0 Å². The molecule has 0 aromatic carbocycles. The number of nitrogens with zero attached hydrogens (tertiary/aromatic N) is 2. The van der Waals surface area contributed by atoms with Crippen molar-refractivity contribution in [2.45, 2.75) is 18.9 Å². The number of carbonyl (C=O) groups is 2. The van der Waals surface area contributed by atoms with Crippen LogP contribution in [0, 0.1) is 5.92 Å². The summed E-state index contributed by atoms with van der Waals surface area (Å²) < 4.78 is 0. The first-order valence-electron chi connectivity index (χ1n) is 6.14. The predicted molar refractivity (Wildman–Crippen MR) is 70.2 cm³/mol. The molecule has 19 heavy (non-hydrogen) atoms. The molecule has 1 saturated carbocycles. The van der Waals surface area contributed by atoms with E-state index in [1.807, 2.05) is 25.1 Å². The average Bonchev–Trinajstić information content (AvgIpc) is 2.32. The highest BCUT2D eigenvalue weighted by atomic mass is 16.4. The third-order valence-corrected chi connectivity index (χ3v) is 3.32. The van der Waals surface area contributed by atoms with Crippen molar-refractivity contribution in [1.29, 1.82) is 0 Å². The molecule has 102 valence electrons. The summed E-state index contributed by atoms with van der Waals surface area (Å²) in [6, 6.07) is 3.47. The number of pyridine rings is 1. The summed E-state index contributed by atoms with van der Waals surface area (Å²) in [5, 5.41) is 11.6. The fraction of sp³-hybridized carbons (Fsp3) is 0.462. The van der Waals surface area contributed by atoms with Crippen LogP contribution in [0.15, 0.2) is 18.3 Å². The summed E-state index contributed by atoms with van der Waals surface area (Å²) in [4.78, 5) is 28.6. The van der Waals surface area contributed by atoms with Gasteiger partial charge in [-0.25, -0.2) is 0 Å². The van der Waals surface area contributed by atoms with E-state index in [4.69, 9.17) is 5.11 Å². The Kier molecular flexibility index (Phi) is 3.69. The van der Waals surface area contributed by atoms with Crippen molar-refractivity contribution in [1.82, 2.24) is 10.3 Å². The predicted octanol–water partition coefficient (Wildman–Crippen LogP) is 0.741. The van der Waals surface area contributed by atoms with Crippen LogP contribution in [0.1, 0.15) is 23.3 Å². The van der Waals surface area contributed by atoms with Crippen LogP contribution in [0.3, 0.4) is 0 Å². The molecule has 0 atom stereocenters. The van der Waals surface area contributed by atoms with Crippen LogP contribution in [-0.4, -0.2) is 42.1 Å². The van der Waals surface area contributed by atoms with E-state index < -0.39 is 5.97 Å². The van der Waals surface area contributed by atoms with Crippen molar-refractivity contribution in [2.75, 3.05) is 19.0 Å². The maximum absolute atomic E-state index is 12.0. The van der Waals surface area contributed by atoms with E-state index >= 15 is 0 Å². The first kappa shape index (κ1) is 13.3. The van der Waals surface area contributed by atoms with E-state index in [0.29, 0.717) is 18.5 Å². The Morgan fingerprint density at radius 2 is 2.11 bits per heavy atom. The third kappa shape index (κ3) is 3.01. The van der Waals surface area contributed by atoms with Crippen molar-refractivity contribution in [3.05, 3.63) is 24.0 Å². The molecule has 2 N–H and O–H groups in total.